The third-order valence-electron chi connectivity index (χ3n) is 2.62. The van der Waals surface area contributed by atoms with Crippen LogP contribution in [0.5, 0.6) is 0 Å². The van der Waals surface area contributed by atoms with Crippen molar-refractivity contribution in [2.45, 2.75) is 44.8 Å². The smallest absolute Gasteiger partial charge is 0.214 e. The van der Waals surface area contributed by atoms with Crippen molar-refractivity contribution in [3.63, 3.8) is 0 Å². The molecule has 0 aromatic heterocycles. The van der Waals surface area contributed by atoms with Gasteiger partial charge in [-0.15, -0.1) is 12.4 Å². The van der Waals surface area contributed by atoms with E-state index in [4.69, 9.17) is 10.5 Å². The summed E-state index contributed by atoms with van der Waals surface area (Å²) >= 11 is 0. The molecule has 7 heteroatoms. The van der Waals surface area contributed by atoms with E-state index in [0.717, 1.165) is 19.3 Å². The van der Waals surface area contributed by atoms with Gasteiger partial charge in [0.15, 0.2) is 0 Å². The molecule has 0 bridgehead atoms. The second-order valence-electron chi connectivity index (χ2n) is 4.96. The number of nitrogens with one attached hydrogen (secondary N) is 1. The summed E-state index contributed by atoms with van der Waals surface area (Å²) in [5.74, 6) is 0.0381. The lowest BCUT2D eigenvalue weighted by atomic mass is 10.1. The Morgan fingerprint density at radius 1 is 1.41 bits per heavy atom. The average molecular weight is 287 g/mol. The van der Waals surface area contributed by atoms with Gasteiger partial charge in [-0.1, -0.05) is 0 Å². The molecule has 1 heterocycles. The first-order chi connectivity index (χ1) is 7.35. The molecule has 1 atom stereocenters. The predicted octanol–water partition coefficient (Wildman–Crippen LogP) is 0.634. The Balaban J connectivity index is 0.00000256. The largest absolute Gasteiger partial charge is 0.377 e. The lowest BCUT2D eigenvalue weighted by Gasteiger charge is -2.27. The lowest BCUT2D eigenvalue weighted by molar-refractivity contribution is 0.0303. The highest BCUT2D eigenvalue weighted by Gasteiger charge is 2.27. The Morgan fingerprint density at radius 2 is 2.06 bits per heavy atom. The van der Waals surface area contributed by atoms with Crippen molar-refractivity contribution in [3.8, 4) is 0 Å². The average Bonchev–Trinajstić information content (AvgIpc) is 2.17. The van der Waals surface area contributed by atoms with Crippen LogP contribution in [-0.2, 0) is 14.8 Å². The van der Waals surface area contributed by atoms with Gasteiger partial charge in [0.1, 0.15) is 0 Å². The van der Waals surface area contributed by atoms with Gasteiger partial charge in [-0.3, -0.25) is 0 Å². The molecule has 104 valence electrons. The quantitative estimate of drug-likeness (QED) is 0.777. The van der Waals surface area contributed by atoms with Gasteiger partial charge in [0.05, 0.1) is 11.9 Å². The van der Waals surface area contributed by atoms with Gasteiger partial charge >= 0.3 is 0 Å². The monoisotopic (exact) mass is 286 g/mol. The van der Waals surface area contributed by atoms with Crippen molar-refractivity contribution < 1.29 is 13.2 Å². The van der Waals surface area contributed by atoms with Gasteiger partial charge in [-0.05, 0) is 33.1 Å². The number of halogens is 1. The van der Waals surface area contributed by atoms with Crippen molar-refractivity contribution in [3.05, 3.63) is 0 Å². The maximum atomic E-state index is 11.8. The minimum atomic E-state index is -3.31. The summed E-state index contributed by atoms with van der Waals surface area (Å²) in [7, 11) is -3.31. The molecular weight excluding hydrogens is 264 g/mol. The first kappa shape index (κ1) is 17.1. The third-order valence-corrected chi connectivity index (χ3v) is 4.30. The Labute approximate surface area is 110 Å². The van der Waals surface area contributed by atoms with Gasteiger partial charge in [-0.25, -0.2) is 13.1 Å². The molecule has 0 aromatic rings. The van der Waals surface area contributed by atoms with E-state index in [0.29, 0.717) is 6.61 Å². The fraction of sp³-hybridized carbons (Fsp3) is 1.00. The van der Waals surface area contributed by atoms with Crippen molar-refractivity contribution >= 4 is 22.4 Å². The van der Waals surface area contributed by atoms with Crippen LogP contribution in [0.25, 0.3) is 0 Å². The summed E-state index contributed by atoms with van der Waals surface area (Å²) in [6.07, 6.45) is 2.72. The molecule has 1 rings (SSSR count). The summed E-state index contributed by atoms with van der Waals surface area (Å²) in [6, 6.07) is 0. The van der Waals surface area contributed by atoms with Gasteiger partial charge < -0.3 is 10.5 Å². The van der Waals surface area contributed by atoms with Crippen molar-refractivity contribution in [2.24, 2.45) is 5.73 Å². The minimum absolute atomic E-state index is 0. The molecule has 17 heavy (non-hydrogen) atoms. The summed E-state index contributed by atoms with van der Waals surface area (Å²) in [4.78, 5) is 0. The van der Waals surface area contributed by atoms with E-state index in [1.165, 1.54) is 0 Å². The van der Waals surface area contributed by atoms with Gasteiger partial charge in [-0.2, -0.15) is 0 Å². The normalized spacial score (nSPS) is 21.9. The fourth-order valence-electron chi connectivity index (χ4n) is 1.69. The summed E-state index contributed by atoms with van der Waals surface area (Å²) in [5.41, 5.74) is 4.90. The lowest BCUT2D eigenvalue weighted by Crippen LogP contribution is -2.50. The second kappa shape index (κ2) is 6.89. The molecule has 0 radical (unpaired) electrons. The summed E-state index contributed by atoms with van der Waals surface area (Å²) in [6.45, 7) is 4.48. The molecule has 0 aromatic carbocycles. The summed E-state index contributed by atoms with van der Waals surface area (Å²) in [5, 5.41) is 0. The molecule has 0 saturated carbocycles. The Hall–Kier alpha value is 0.120. The highest BCUT2D eigenvalue weighted by molar-refractivity contribution is 7.89. The molecule has 0 amide bonds. The maximum Gasteiger partial charge on any atom is 0.214 e. The number of ether oxygens (including phenoxy) is 1. The number of rotatable bonds is 5. The molecular formula is C10H23ClN2O3S. The summed E-state index contributed by atoms with van der Waals surface area (Å²) < 4.78 is 31.7. The molecule has 1 unspecified atom stereocenters. The molecule has 1 aliphatic rings. The Bertz CT molecular complexity index is 314. The van der Waals surface area contributed by atoms with Crippen LogP contribution in [0.4, 0.5) is 0 Å². The molecule has 0 spiro atoms. The fourth-order valence-corrected chi connectivity index (χ4v) is 3.45. The van der Waals surface area contributed by atoms with Crippen LogP contribution < -0.4 is 10.5 Å². The van der Waals surface area contributed by atoms with Crippen LogP contribution in [-0.4, -0.2) is 39.0 Å². The zero-order valence-electron chi connectivity index (χ0n) is 10.4. The van der Waals surface area contributed by atoms with Crippen molar-refractivity contribution in [1.82, 2.24) is 4.72 Å². The van der Waals surface area contributed by atoms with Crippen LogP contribution in [0.1, 0.15) is 33.1 Å². The number of nitrogens with two attached hydrogens (primary N) is 1. The van der Waals surface area contributed by atoms with Gasteiger partial charge in [0, 0.05) is 18.7 Å². The van der Waals surface area contributed by atoms with E-state index in [1.54, 1.807) is 13.8 Å². The van der Waals surface area contributed by atoms with E-state index in [-0.39, 0.29) is 30.8 Å². The molecule has 5 nitrogen and oxygen atoms in total. The standard InChI is InChI=1S/C10H22N2O3S.ClH/c1-10(2,8-11)12-16(13,14)7-9-5-3-4-6-15-9;/h9,12H,3-8,11H2,1-2H3;1H. The van der Waals surface area contributed by atoms with Crippen LogP contribution in [0, 0.1) is 0 Å². The number of hydrogen-bond acceptors (Lipinski definition) is 4. The topological polar surface area (TPSA) is 81.4 Å². The van der Waals surface area contributed by atoms with E-state index in [1.807, 2.05) is 0 Å². The Kier molecular flexibility index (Phi) is 6.94. The van der Waals surface area contributed by atoms with Crippen molar-refractivity contribution in [2.75, 3.05) is 18.9 Å². The number of hydrogen-bond donors (Lipinski definition) is 2. The van der Waals surface area contributed by atoms with E-state index in [2.05, 4.69) is 4.72 Å². The first-order valence-electron chi connectivity index (χ1n) is 5.68. The van der Waals surface area contributed by atoms with E-state index in [9.17, 15) is 8.42 Å². The zero-order chi connectivity index (χ0) is 12.2. The maximum absolute atomic E-state index is 11.8. The van der Waals surface area contributed by atoms with Crippen LogP contribution in [0.2, 0.25) is 0 Å². The Morgan fingerprint density at radius 3 is 2.53 bits per heavy atom. The van der Waals surface area contributed by atoms with Gasteiger partial charge in [0.2, 0.25) is 10.0 Å². The minimum Gasteiger partial charge on any atom is -0.377 e. The molecule has 3 N–H and O–H groups in total. The molecule has 1 saturated heterocycles. The molecule has 0 aliphatic carbocycles. The van der Waals surface area contributed by atoms with Crippen LogP contribution in [0.3, 0.4) is 0 Å². The van der Waals surface area contributed by atoms with Gasteiger partial charge in [0.25, 0.3) is 0 Å². The first-order valence-corrected chi connectivity index (χ1v) is 7.33. The highest BCUT2D eigenvalue weighted by atomic mass is 35.5. The van der Waals surface area contributed by atoms with E-state index >= 15 is 0 Å². The molecule has 1 aliphatic heterocycles. The third kappa shape index (κ3) is 6.57. The predicted molar refractivity (Wildman–Crippen MR) is 70.9 cm³/mol. The highest BCUT2D eigenvalue weighted by Crippen LogP contribution is 2.15. The number of sulfonamides is 1. The van der Waals surface area contributed by atoms with Crippen LogP contribution >= 0.6 is 12.4 Å². The van der Waals surface area contributed by atoms with Crippen molar-refractivity contribution in [1.29, 1.82) is 0 Å². The molecule has 1 fully saturated rings. The van der Waals surface area contributed by atoms with E-state index < -0.39 is 15.6 Å². The zero-order valence-corrected chi connectivity index (χ0v) is 12.1. The SMILES string of the molecule is CC(C)(CN)NS(=O)(=O)CC1CCCCO1.Cl. The van der Waals surface area contributed by atoms with Crippen LogP contribution in [0.15, 0.2) is 0 Å². The second-order valence-corrected chi connectivity index (χ2v) is 6.73.